The van der Waals surface area contributed by atoms with Gasteiger partial charge >= 0.3 is 0 Å². The van der Waals surface area contributed by atoms with Gasteiger partial charge in [0, 0.05) is 23.7 Å². The van der Waals surface area contributed by atoms with Gasteiger partial charge in [0.15, 0.2) is 0 Å². The van der Waals surface area contributed by atoms with Crippen molar-refractivity contribution < 1.29 is 9.59 Å². The van der Waals surface area contributed by atoms with Crippen LogP contribution in [-0.4, -0.2) is 11.6 Å². The quantitative estimate of drug-likeness (QED) is 0.489. The van der Waals surface area contributed by atoms with Gasteiger partial charge in [0.05, 0.1) is 0 Å². The van der Waals surface area contributed by atoms with Gasteiger partial charge in [-0.1, -0.05) is 57.9 Å². The average molecular weight is 397 g/mol. The Kier molecular flexibility index (Phi) is 4.66. The van der Waals surface area contributed by atoms with Gasteiger partial charge in [-0.3, -0.25) is 4.79 Å². The highest BCUT2D eigenvalue weighted by molar-refractivity contribution is 5.86. The minimum atomic E-state index is -0.209. The van der Waals surface area contributed by atoms with Crippen LogP contribution >= 0.6 is 0 Å². The maximum Gasteiger partial charge on any atom is 0.138 e. The van der Waals surface area contributed by atoms with Crippen LogP contribution in [0.3, 0.4) is 0 Å². The Labute approximate surface area is 177 Å². The standard InChI is InChI=1S/C27H40O2/c1-17-10-14-26(7,18(2)16-19(3)28)27(17)15-11-20-21(27)8-9-22-24(4,5)23(29)12-13-25(20,22)6/h18,22H,1,8-16H2,2-7H3/t18-,22+,25-,26+,27+/m1/s1. The fourth-order valence-electron chi connectivity index (χ4n) is 8.64. The minimum Gasteiger partial charge on any atom is -0.300 e. The summed E-state index contributed by atoms with van der Waals surface area (Å²) in [5, 5.41) is 0. The molecule has 0 heterocycles. The van der Waals surface area contributed by atoms with Crippen LogP contribution in [0.5, 0.6) is 0 Å². The fraction of sp³-hybridized carbons (Fsp3) is 0.778. The normalized spacial score (nSPS) is 42.2. The van der Waals surface area contributed by atoms with Gasteiger partial charge in [0.2, 0.25) is 0 Å². The number of hydrogen-bond acceptors (Lipinski definition) is 2. The maximum absolute atomic E-state index is 12.7. The second-order valence-electron chi connectivity index (χ2n) is 11.8. The number of Topliss-reactive ketones (excluding diaryl/α,β-unsaturated/α-hetero) is 2. The molecule has 4 aliphatic rings. The average Bonchev–Trinajstić information content (AvgIpc) is 3.15. The third-order valence-corrected chi connectivity index (χ3v) is 10.4. The van der Waals surface area contributed by atoms with Gasteiger partial charge in [-0.05, 0) is 74.5 Å². The monoisotopic (exact) mass is 396 g/mol. The van der Waals surface area contributed by atoms with Gasteiger partial charge in [0.1, 0.15) is 11.6 Å². The second-order valence-corrected chi connectivity index (χ2v) is 11.8. The first-order valence-electron chi connectivity index (χ1n) is 11.9. The molecule has 0 unspecified atom stereocenters. The number of carbonyl (C=O) groups excluding carboxylic acids is 2. The van der Waals surface area contributed by atoms with E-state index in [0.717, 1.165) is 44.9 Å². The van der Waals surface area contributed by atoms with Crippen LogP contribution in [-0.2, 0) is 9.59 Å². The molecule has 2 fully saturated rings. The molecule has 4 aliphatic carbocycles. The fourth-order valence-corrected chi connectivity index (χ4v) is 8.64. The lowest BCUT2D eigenvalue weighted by molar-refractivity contribution is -0.139. The number of fused-ring (bicyclic) bond motifs is 3. The van der Waals surface area contributed by atoms with Gasteiger partial charge < -0.3 is 4.79 Å². The first-order valence-corrected chi connectivity index (χ1v) is 11.9. The molecule has 2 nitrogen and oxygen atoms in total. The van der Waals surface area contributed by atoms with E-state index in [9.17, 15) is 9.59 Å². The lowest BCUT2D eigenvalue weighted by Crippen LogP contribution is -2.50. The van der Waals surface area contributed by atoms with Crippen molar-refractivity contribution in [2.45, 2.75) is 99.3 Å². The highest BCUT2D eigenvalue weighted by Crippen LogP contribution is 2.73. The highest BCUT2D eigenvalue weighted by Gasteiger charge is 2.64. The zero-order valence-electron chi connectivity index (χ0n) is 19.5. The summed E-state index contributed by atoms with van der Waals surface area (Å²) in [5.74, 6) is 1.60. The van der Waals surface area contributed by atoms with Crippen molar-refractivity contribution in [3.63, 3.8) is 0 Å². The van der Waals surface area contributed by atoms with Crippen molar-refractivity contribution in [3.8, 4) is 0 Å². The summed E-state index contributed by atoms with van der Waals surface area (Å²) < 4.78 is 0. The van der Waals surface area contributed by atoms with E-state index >= 15 is 0 Å². The third-order valence-electron chi connectivity index (χ3n) is 10.4. The molecule has 5 atom stereocenters. The van der Waals surface area contributed by atoms with E-state index in [-0.39, 0.29) is 21.7 Å². The molecule has 2 saturated carbocycles. The van der Waals surface area contributed by atoms with Crippen molar-refractivity contribution >= 4 is 11.6 Å². The summed E-state index contributed by atoms with van der Waals surface area (Å²) in [5.41, 5.74) is 4.93. The lowest BCUT2D eigenvalue weighted by Gasteiger charge is -2.55. The van der Waals surface area contributed by atoms with E-state index in [1.807, 2.05) is 0 Å². The third kappa shape index (κ3) is 2.53. The van der Waals surface area contributed by atoms with E-state index in [2.05, 4.69) is 41.2 Å². The van der Waals surface area contributed by atoms with Crippen LogP contribution in [0, 0.1) is 33.5 Å². The molecule has 29 heavy (non-hydrogen) atoms. The van der Waals surface area contributed by atoms with Gasteiger partial charge in [-0.2, -0.15) is 0 Å². The molecule has 0 aromatic heterocycles. The molecule has 0 saturated heterocycles. The van der Waals surface area contributed by atoms with Crippen LogP contribution in [0.1, 0.15) is 99.3 Å². The SMILES string of the molecule is C=C1CC[C@@](C)([C@H](C)CC(C)=O)[C@@]12CCC1=C2CC[C@H]2C(C)(C)C(=O)CC[C@]12C. The molecule has 1 spiro atoms. The molecule has 0 amide bonds. The smallest absolute Gasteiger partial charge is 0.138 e. The van der Waals surface area contributed by atoms with Crippen LogP contribution in [0.2, 0.25) is 0 Å². The van der Waals surface area contributed by atoms with Crippen molar-refractivity contribution in [2.75, 3.05) is 0 Å². The Morgan fingerprint density at radius 1 is 1.03 bits per heavy atom. The molecule has 0 aliphatic heterocycles. The van der Waals surface area contributed by atoms with Crippen molar-refractivity contribution in [1.82, 2.24) is 0 Å². The van der Waals surface area contributed by atoms with Crippen molar-refractivity contribution in [3.05, 3.63) is 23.3 Å². The Morgan fingerprint density at radius 2 is 1.72 bits per heavy atom. The summed E-state index contributed by atoms with van der Waals surface area (Å²) in [6.07, 6.45) is 9.24. The molecule has 2 heteroatoms. The van der Waals surface area contributed by atoms with Gasteiger partial charge in [-0.25, -0.2) is 0 Å². The van der Waals surface area contributed by atoms with Gasteiger partial charge in [0.25, 0.3) is 0 Å². The maximum atomic E-state index is 12.7. The van der Waals surface area contributed by atoms with E-state index in [1.165, 1.54) is 12.0 Å². The van der Waals surface area contributed by atoms with Crippen LogP contribution in [0.15, 0.2) is 23.3 Å². The van der Waals surface area contributed by atoms with E-state index < -0.39 is 0 Å². The number of allylic oxidation sites excluding steroid dienone is 3. The van der Waals surface area contributed by atoms with Crippen LogP contribution < -0.4 is 0 Å². The lowest BCUT2D eigenvalue weighted by atomic mass is 9.48. The second kappa shape index (κ2) is 6.41. The van der Waals surface area contributed by atoms with Crippen LogP contribution in [0.4, 0.5) is 0 Å². The Balaban J connectivity index is 1.82. The predicted octanol–water partition coefficient (Wildman–Crippen LogP) is 6.84. The first-order chi connectivity index (χ1) is 13.4. The number of hydrogen-bond donors (Lipinski definition) is 0. The summed E-state index contributed by atoms with van der Waals surface area (Å²) in [4.78, 5) is 24.7. The number of ketones is 2. The Hall–Kier alpha value is -1.18. The number of carbonyl (C=O) groups is 2. The zero-order valence-corrected chi connectivity index (χ0v) is 19.5. The molecule has 4 rings (SSSR count). The summed E-state index contributed by atoms with van der Waals surface area (Å²) >= 11 is 0. The van der Waals surface area contributed by atoms with Crippen molar-refractivity contribution in [1.29, 1.82) is 0 Å². The van der Waals surface area contributed by atoms with Crippen molar-refractivity contribution in [2.24, 2.45) is 33.5 Å². The van der Waals surface area contributed by atoms with E-state index in [0.29, 0.717) is 29.8 Å². The van der Waals surface area contributed by atoms with E-state index in [1.54, 1.807) is 18.1 Å². The van der Waals surface area contributed by atoms with Crippen LogP contribution in [0.25, 0.3) is 0 Å². The molecular formula is C27H40O2. The Bertz CT molecular complexity index is 814. The highest BCUT2D eigenvalue weighted by atomic mass is 16.1. The molecule has 0 aromatic rings. The topological polar surface area (TPSA) is 34.1 Å². The summed E-state index contributed by atoms with van der Waals surface area (Å²) in [7, 11) is 0. The molecule has 0 radical (unpaired) electrons. The van der Waals surface area contributed by atoms with Gasteiger partial charge in [-0.15, -0.1) is 0 Å². The van der Waals surface area contributed by atoms with E-state index in [4.69, 9.17) is 0 Å². The first kappa shape index (κ1) is 21.1. The molecule has 160 valence electrons. The Morgan fingerprint density at radius 3 is 2.38 bits per heavy atom. The zero-order chi connectivity index (χ0) is 21.4. The minimum absolute atomic E-state index is 0.0801. The largest absolute Gasteiger partial charge is 0.300 e. The summed E-state index contributed by atoms with van der Waals surface area (Å²) in [6.45, 7) is 18.0. The number of rotatable bonds is 3. The predicted molar refractivity (Wildman–Crippen MR) is 118 cm³/mol. The molecule has 0 bridgehead atoms. The molecule has 0 N–H and O–H groups in total. The summed E-state index contributed by atoms with van der Waals surface area (Å²) in [6, 6.07) is 0. The molecular weight excluding hydrogens is 356 g/mol. The molecule has 0 aromatic carbocycles.